The Labute approximate surface area is 89.2 Å². The van der Waals surface area contributed by atoms with Crippen LogP contribution in [0.15, 0.2) is 4.52 Å². The molecule has 1 aliphatic heterocycles. The van der Waals surface area contributed by atoms with Crippen molar-refractivity contribution in [3.8, 4) is 0 Å². The van der Waals surface area contributed by atoms with Gasteiger partial charge >= 0.3 is 0 Å². The van der Waals surface area contributed by atoms with Crippen molar-refractivity contribution >= 4 is 0 Å². The second-order valence-corrected chi connectivity index (χ2v) is 3.77. The van der Waals surface area contributed by atoms with Crippen LogP contribution >= 0.6 is 0 Å². The highest BCUT2D eigenvalue weighted by Gasteiger charge is 2.24. The van der Waals surface area contributed by atoms with E-state index in [-0.39, 0.29) is 12.1 Å². The zero-order valence-corrected chi connectivity index (χ0v) is 9.19. The maximum atomic E-state index is 5.49. The van der Waals surface area contributed by atoms with Gasteiger partial charge in [-0.2, -0.15) is 4.98 Å². The molecule has 15 heavy (non-hydrogen) atoms. The van der Waals surface area contributed by atoms with Crippen molar-refractivity contribution in [2.45, 2.75) is 38.8 Å². The Bertz CT molecular complexity index is 307. The molecule has 0 spiro atoms. The molecule has 1 aliphatic rings. The zero-order chi connectivity index (χ0) is 10.7. The lowest BCUT2D eigenvalue weighted by Crippen LogP contribution is -2.18. The van der Waals surface area contributed by atoms with Crippen LogP contribution in [0.3, 0.4) is 0 Å². The highest BCUT2D eigenvalue weighted by atomic mass is 16.5. The van der Waals surface area contributed by atoms with E-state index in [1.807, 2.05) is 13.8 Å². The van der Waals surface area contributed by atoms with Crippen molar-refractivity contribution < 1.29 is 9.26 Å². The molecule has 1 aromatic rings. The molecule has 1 saturated heterocycles. The molecular formula is C10H17N3O2. The minimum absolute atomic E-state index is 0.0383. The van der Waals surface area contributed by atoms with E-state index in [0.717, 1.165) is 26.0 Å². The Morgan fingerprint density at radius 2 is 2.47 bits per heavy atom. The molecule has 0 bridgehead atoms. The molecule has 84 valence electrons. The average molecular weight is 211 g/mol. The van der Waals surface area contributed by atoms with Gasteiger partial charge in [0.1, 0.15) is 6.10 Å². The molecular weight excluding hydrogens is 194 g/mol. The van der Waals surface area contributed by atoms with Gasteiger partial charge in [0.05, 0.1) is 6.04 Å². The highest BCUT2D eigenvalue weighted by Crippen LogP contribution is 2.26. The first kappa shape index (κ1) is 10.6. The molecule has 2 atom stereocenters. The molecule has 5 nitrogen and oxygen atoms in total. The Kier molecular flexibility index (Phi) is 3.33. The number of hydrogen-bond donors (Lipinski definition) is 1. The van der Waals surface area contributed by atoms with Gasteiger partial charge in [0.15, 0.2) is 0 Å². The van der Waals surface area contributed by atoms with E-state index in [1.54, 1.807) is 0 Å². The molecule has 0 aromatic carbocycles. The van der Waals surface area contributed by atoms with Crippen molar-refractivity contribution in [1.29, 1.82) is 0 Å². The summed E-state index contributed by atoms with van der Waals surface area (Å²) < 4.78 is 10.7. The average Bonchev–Trinajstić information content (AvgIpc) is 2.89. The molecule has 5 heteroatoms. The molecule has 1 aromatic heterocycles. The lowest BCUT2D eigenvalue weighted by molar-refractivity contribution is 0.103. The van der Waals surface area contributed by atoms with Gasteiger partial charge in [0.25, 0.3) is 0 Å². The van der Waals surface area contributed by atoms with Crippen LogP contribution in [-0.2, 0) is 4.74 Å². The third-order valence-corrected chi connectivity index (χ3v) is 2.56. The van der Waals surface area contributed by atoms with Gasteiger partial charge in [-0.05, 0) is 26.3 Å². The number of rotatable bonds is 4. The van der Waals surface area contributed by atoms with Crippen LogP contribution in [0.1, 0.15) is 50.6 Å². The number of ether oxygens (including phenoxy) is 1. The summed E-state index contributed by atoms with van der Waals surface area (Å²) in [5.41, 5.74) is 0. The van der Waals surface area contributed by atoms with Crippen molar-refractivity contribution in [1.82, 2.24) is 15.5 Å². The summed E-state index contributed by atoms with van der Waals surface area (Å²) in [6, 6.07) is 0.109. The fourth-order valence-corrected chi connectivity index (χ4v) is 1.73. The molecule has 1 fully saturated rings. The Morgan fingerprint density at radius 3 is 3.13 bits per heavy atom. The largest absolute Gasteiger partial charge is 0.370 e. The van der Waals surface area contributed by atoms with Crippen LogP contribution in [0, 0.1) is 0 Å². The summed E-state index contributed by atoms with van der Waals surface area (Å²) in [4.78, 5) is 4.35. The maximum Gasteiger partial charge on any atom is 0.243 e. The molecule has 2 heterocycles. The summed E-state index contributed by atoms with van der Waals surface area (Å²) in [5, 5.41) is 7.18. The number of nitrogens with one attached hydrogen (secondary N) is 1. The smallest absolute Gasteiger partial charge is 0.243 e. The van der Waals surface area contributed by atoms with E-state index < -0.39 is 0 Å². The fourth-order valence-electron chi connectivity index (χ4n) is 1.73. The van der Waals surface area contributed by atoms with Crippen molar-refractivity contribution in [2.24, 2.45) is 0 Å². The van der Waals surface area contributed by atoms with Crippen LogP contribution in [0.5, 0.6) is 0 Å². The van der Waals surface area contributed by atoms with E-state index in [9.17, 15) is 0 Å². The quantitative estimate of drug-likeness (QED) is 0.819. The van der Waals surface area contributed by atoms with Crippen LogP contribution in [-0.4, -0.2) is 23.3 Å². The monoisotopic (exact) mass is 211 g/mol. The van der Waals surface area contributed by atoms with Gasteiger partial charge in [-0.15, -0.1) is 0 Å². The van der Waals surface area contributed by atoms with Gasteiger partial charge in [0, 0.05) is 6.61 Å². The minimum atomic E-state index is 0.0383. The zero-order valence-electron chi connectivity index (χ0n) is 9.19. The summed E-state index contributed by atoms with van der Waals surface area (Å²) >= 11 is 0. The predicted molar refractivity (Wildman–Crippen MR) is 54.3 cm³/mol. The van der Waals surface area contributed by atoms with E-state index >= 15 is 0 Å². The third-order valence-electron chi connectivity index (χ3n) is 2.56. The van der Waals surface area contributed by atoms with Gasteiger partial charge < -0.3 is 14.6 Å². The lowest BCUT2D eigenvalue weighted by Gasteiger charge is -2.05. The van der Waals surface area contributed by atoms with Crippen LogP contribution in [0.2, 0.25) is 0 Å². The van der Waals surface area contributed by atoms with E-state index in [2.05, 4.69) is 15.5 Å². The van der Waals surface area contributed by atoms with Crippen LogP contribution in [0.4, 0.5) is 0 Å². The van der Waals surface area contributed by atoms with Gasteiger partial charge in [-0.1, -0.05) is 12.1 Å². The van der Waals surface area contributed by atoms with Crippen LogP contribution in [0.25, 0.3) is 0 Å². The van der Waals surface area contributed by atoms with E-state index in [4.69, 9.17) is 9.26 Å². The molecule has 0 radical (unpaired) electrons. The van der Waals surface area contributed by atoms with Crippen molar-refractivity contribution in [3.63, 3.8) is 0 Å². The summed E-state index contributed by atoms with van der Waals surface area (Å²) in [6.07, 6.45) is 2.11. The second kappa shape index (κ2) is 4.72. The standard InChI is InChI=1S/C10H17N3O2/c1-3-11-7(2)10-12-9(13-15-10)8-5-4-6-14-8/h7-8,11H,3-6H2,1-2H3. The van der Waals surface area contributed by atoms with Gasteiger partial charge in [0.2, 0.25) is 11.7 Å². The van der Waals surface area contributed by atoms with Crippen molar-refractivity contribution in [3.05, 3.63) is 11.7 Å². The first-order valence-electron chi connectivity index (χ1n) is 5.49. The summed E-state index contributed by atoms with van der Waals surface area (Å²) in [6.45, 7) is 5.75. The number of aromatic nitrogens is 2. The summed E-state index contributed by atoms with van der Waals surface area (Å²) in [5.74, 6) is 1.33. The first-order valence-corrected chi connectivity index (χ1v) is 5.49. The lowest BCUT2D eigenvalue weighted by atomic mass is 10.2. The molecule has 0 aliphatic carbocycles. The molecule has 2 unspecified atom stereocenters. The molecule has 0 amide bonds. The highest BCUT2D eigenvalue weighted by molar-refractivity contribution is 4.95. The number of hydrogen-bond acceptors (Lipinski definition) is 5. The summed E-state index contributed by atoms with van der Waals surface area (Å²) in [7, 11) is 0. The molecule has 0 saturated carbocycles. The van der Waals surface area contributed by atoms with Crippen LogP contribution < -0.4 is 5.32 Å². The predicted octanol–water partition coefficient (Wildman–Crippen LogP) is 1.59. The number of nitrogens with zero attached hydrogens (tertiary/aromatic N) is 2. The molecule has 1 N–H and O–H groups in total. The maximum absolute atomic E-state index is 5.49. The fraction of sp³-hybridized carbons (Fsp3) is 0.800. The van der Waals surface area contributed by atoms with Gasteiger partial charge in [-0.3, -0.25) is 0 Å². The Hall–Kier alpha value is -0.940. The minimum Gasteiger partial charge on any atom is -0.370 e. The normalized spacial score (nSPS) is 23.2. The topological polar surface area (TPSA) is 60.2 Å². The van der Waals surface area contributed by atoms with Crippen molar-refractivity contribution in [2.75, 3.05) is 13.2 Å². The third kappa shape index (κ3) is 2.35. The second-order valence-electron chi connectivity index (χ2n) is 3.77. The first-order chi connectivity index (χ1) is 7.31. The van der Waals surface area contributed by atoms with Gasteiger partial charge in [-0.25, -0.2) is 0 Å². The SMILES string of the molecule is CCNC(C)c1nc(C2CCCO2)no1. The Morgan fingerprint density at radius 1 is 1.60 bits per heavy atom. The molecule has 2 rings (SSSR count). The van der Waals surface area contributed by atoms with E-state index in [1.165, 1.54) is 0 Å². The Balaban J connectivity index is 2.02. The van der Waals surface area contributed by atoms with E-state index in [0.29, 0.717) is 11.7 Å².